The third-order valence-corrected chi connectivity index (χ3v) is 5.53. The molecule has 1 atom stereocenters. The van der Waals surface area contributed by atoms with Crippen molar-refractivity contribution in [3.8, 4) is 0 Å². The third kappa shape index (κ3) is 5.11. The van der Waals surface area contributed by atoms with Crippen LogP contribution in [-0.2, 0) is 9.84 Å². The van der Waals surface area contributed by atoms with Gasteiger partial charge in [0.2, 0.25) is 0 Å². The molecule has 0 saturated heterocycles. The van der Waals surface area contributed by atoms with Crippen molar-refractivity contribution in [1.82, 2.24) is 5.32 Å². The molecule has 1 unspecified atom stereocenters. The van der Waals surface area contributed by atoms with Gasteiger partial charge in [0.25, 0.3) is 0 Å². The first-order valence-electron chi connectivity index (χ1n) is 8.03. The minimum Gasteiger partial charge on any atom is -0.307 e. The Hall–Kier alpha value is -0.870. The van der Waals surface area contributed by atoms with Crippen molar-refractivity contribution in [1.29, 1.82) is 0 Å². The summed E-state index contributed by atoms with van der Waals surface area (Å²) in [6.45, 7) is 2.16. The van der Waals surface area contributed by atoms with Crippen molar-refractivity contribution in [3.63, 3.8) is 0 Å². The van der Waals surface area contributed by atoms with Gasteiger partial charge in [-0.15, -0.1) is 0 Å². The van der Waals surface area contributed by atoms with Crippen LogP contribution < -0.4 is 5.32 Å². The van der Waals surface area contributed by atoms with E-state index in [-0.39, 0.29) is 6.04 Å². The Morgan fingerprint density at radius 1 is 1.00 bits per heavy atom. The van der Waals surface area contributed by atoms with Gasteiger partial charge in [0.1, 0.15) is 0 Å². The average molecular weight is 309 g/mol. The summed E-state index contributed by atoms with van der Waals surface area (Å²) < 4.78 is 23.0. The van der Waals surface area contributed by atoms with E-state index < -0.39 is 9.84 Å². The highest BCUT2D eigenvalue weighted by molar-refractivity contribution is 7.90. The van der Waals surface area contributed by atoms with Crippen LogP contribution >= 0.6 is 0 Å². The first-order chi connectivity index (χ1) is 9.97. The van der Waals surface area contributed by atoms with E-state index in [2.05, 4.69) is 12.2 Å². The van der Waals surface area contributed by atoms with Gasteiger partial charge < -0.3 is 5.32 Å². The monoisotopic (exact) mass is 309 g/mol. The maximum absolute atomic E-state index is 11.5. The molecule has 0 aromatic heterocycles. The van der Waals surface area contributed by atoms with E-state index in [1.807, 2.05) is 12.1 Å². The van der Waals surface area contributed by atoms with Crippen LogP contribution in [0.15, 0.2) is 29.2 Å². The zero-order valence-corrected chi connectivity index (χ0v) is 14.0. The molecule has 0 amide bonds. The van der Waals surface area contributed by atoms with Gasteiger partial charge in [-0.3, -0.25) is 0 Å². The highest BCUT2D eigenvalue weighted by Crippen LogP contribution is 2.21. The second-order valence-corrected chi connectivity index (χ2v) is 8.29. The van der Waals surface area contributed by atoms with Gasteiger partial charge in [0.05, 0.1) is 4.90 Å². The van der Waals surface area contributed by atoms with Crippen LogP contribution in [-0.4, -0.2) is 20.7 Å². The van der Waals surface area contributed by atoms with Crippen molar-refractivity contribution >= 4 is 9.84 Å². The number of rotatable bonds is 4. The lowest BCUT2D eigenvalue weighted by Gasteiger charge is -2.25. The Kier molecular flexibility index (Phi) is 5.82. The van der Waals surface area contributed by atoms with Gasteiger partial charge >= 0.3 is 0 Å². The molecule has 2 rings (SSSR count). The molecule has 0 bridgehead atoms. The second-order valence-electron chi connectivity index (χ2n) is 6.27. The Bertz CT molecular complexity index is 528. The summed E-state index contributed by atoms with van der Waals surface area (Å²) >= 11 is 0. The summed E-state index contributed by atoms with van der Waals surface area (Å²) in [6, 6.07) is 8.13. The van der Waals surface area contributed by atoms with Crippen LogP contribution in [0.5, 0.6) is 0 Å². The highest BCUT2D eigenvalue weighted by Gasteiger charge is 2.15. The van der Waals surface area contributed by atoms with Gasteiger partial charge in [0, 0.05) is 18.3 Å². The molecule has 0 aliphatic heterocycles. The normalized spacial score (nSPS) is 19.7. The van der Waals surface area contributed by atoms with E-state index in [0.717, 1.165) is 5.56 Å². The average Bonchev–Trinajstić information content (AvgIpc) is 2.41. The SMILES string of the molecule is CC(NC1CCCCCCC1)c1ccc(S(C)(=O)=O)cc1. The maximum Gasteiger partial charge on any atom is 0.175 e. The molecular formula is C17H27NO2S. The predicted molar refractivity (Wildman–Crippen MR) is 87.2 cm³/mol. The molecule has 1 aliphatic carbocycles. The summed E-state index contributed by atoms with van der Waals surface area (Å²) in [5, 5.41) is 3.71. The zero-order chi connectivity index (χ0) is 15.3. The standard InChI is InChI=1S/C17H27NO2S/c1-14(18-16-8-6-4-3-5-7-9-16)15-10-12-17(13-11-15)21(2,19)20/h10-14,16,18H,3-9H2,1-2H3. The number of nitrogens with one attached hydrogen (secondary N) is 1. The summed E-state index contributed by atoms with van der Waals surface area (Å²) in [6.07, 6.45) is 10.5. The topological polar surface area (TPSA) is 46.2 Å². The molecule has 1 N–H and O–H groups in total. The first kappa shape index (κ1) is 16.5. The highest BCUT2D eigenvalue weighted by atomic mass is 32.2. The largest absolute Gasteiger partial charge is 0.307 e. The lowest BCUT2D eigenvalue weighted by Crippen LogP contribution is -2.32. The lowest BCUT2D eigenvalue weighted by molar-refractivity contribution is 0.362. The van der Waals surface area contributed by atoms with Gasteiger partial charge in [-0.2, -0.15) is 0 Å². The Morgan fingerprint density at radius 3 is 2.05 bits per heavy atom. The van der Waals surface area contributed by atoms with Crippen LogP contribution in [0.4, 0.5) is 0 Å². The Labute approximate surface area is 129 Å². The molecule has 0 heterocycles. The molecule has 21 heavy (non-hydrogen) atoms. The fraction of sp³-hybridized carbons (Fsp3) is 0.647. The van der Waals surface area contributed by atoms with Gasteiger partial charge in [0.15, 0.2) is 9.84 Å². The van der Waals surface area contributed by atoms with E-state index >= 15 is 0 Å². The number of hydrogen-bond acceptors (Lipinski definition) is 3. The molecule has 0 radical (unpaired) electrons. The predicted octanol–water partition coefficient (Wildman–Crippen LogP) is 3.85. The number of hydrogen-bond donors (Lipinski definition) is 1. The van der Waals surface area contributed by atoms with Gasteiger partial charge in [-0.1, -0.05) is 44.2 Å². The van der Waals surface area contributed by atoms with E-state index in [0.29, 0.717) is 10.9 Å². The van der Waals surface area contributed by atoms with Gasteiger partial charge in [-0.05, 0) is 37.5 Å². The molecule has 3 nitrogen and oxygen atoms in total. The van der Waals surface area contributed by atoms with Gasteiger partial charge in [-0.25, -0.2) is 8.42 Å². The van der Waals surface area contributed by atoms with Crippen molar-refractivity contribution in [2.24, 2.45) is 0 Å². The van der Waals surface area contributed by atoms with Crippen molar-refractivity contribution in [2.75, 3.05) is 6.26 Å². The van der Waals surface area contributed by atoms with Crippen LogP contribution in [0.3, 0.4) is 0 Å². The molecule has 1 saturated carbocycles. The fourth-order valence-electron chi connectivity index (χ4n) is 3.08. The smallest absolute Gasteiger partial charge is 0.175 e. The molecule has 4 heteroatoms. The van der Waals surface area contributed by atoms with Crippen molar-refractivity contribution in [2.45, 2.75) is 68.8 Å². The van der Waals surface area contributed by atoms with Crippen LogP contribution in [0.1, 0.15) is 63.5 Å². The Balaban J connectivity index is 1.97. The molecule has 1 aromatic rings. The quantitative estimate of drug-likeness (QED) is 0.919. The minimum atomic E-state index is -3.10. The van der Waals surface area contributed by atoms with E-state index in [1.165, 1.54) is 51.2 Å². The number of benzene rings is 1. The van der Waals surface area contributed by atoms with E-state index in [9.17, 15) is 8.42 Å². The molecule has 118 valence electrons. The van der Waals surface area contributed by atoms with Crippen molar-refractivity contribution < 1.29 is 8.42 Å². The molecule has 1 fully saturated rings. The summed E-state index contributed by atoms with van der Waals surface area (Å²) in [5.41, 5.74) is 1.16. The third-order valence-electron chi connectivity index (χ3n) is 4.40. The Morgan fingerprint density at radius 2 is 1.52 bits per heavy atom. The lowest BCUT2D eigenvalue weighted by atomic mass is 9.95. The zero-order valence-electron chi connectivity index (χ0n) is 13.1. The van der Waals surface area contributed by atoms with E-state index in [1.54, 1.807) is 12.1 Å². The second kappa shape index (κ2) is 7.41. The molecule has 1 aromatic carbocycles. The van der Waals surface area contributed by atoms with Crippen LogP contribution in [0.25, 0.3) is 0 Å². The van der Waals surface area contributed by atoms with Crippen molar-refractivity contribution in [3.05, 3.63) is 29.8 Å². The fourth-order valence-corrected chi connectivity index (χ4v) is 3.71. The molecular weight excluding hydrogens is 282 g/mol. The minimum absolute atomic E-state index is 0.267. The van der Waals surface area contributed by atoms with Crippen LogP contribution in [0, 0.1) is 0 Å². The summed E-state index contributed by atoms with van der Waals surface area (Å²) in [7, 11) is -3.10. The summed E-state index contributed by atoms with van der Waals surface area (Å²) in [4.78, 5) is 0.393. The molecule has 1 aliphatic rings. The molecule has 0 spiro atoms. The van der Waals surface area contributed by atoms with Crippen LogP contribution in [0.2, 0.25) is 0 Å². The maximum atomic E-state index is 11.5. The summed E-state index contributed by atoms with van der Waals surface area (Å²) in [5.74, 6) is 0. The number of sulfone groups is 1. The first-order valence-corrected chi connectivity index (χ1v) is 9.92. The van der Waals surface area contributed by atoms with E-state index in [4.69, 9.17) is 0 Å².